The van der Waals surface area contributed by atoms with Crippen LogP contribution >= 0.6 is 11.3 Å². The first kappa shape index (κ1) is 12.8. The van der Waals surface area contributed by atoms with Crippen molar-refractivity contribution in [3.63, 3.8) is 0 Å². The molecule has 0 atom stereocenters. The number of anilines is 1. The van der Waals surface area contributed by atoms with Gasteiger partial charge in [0.15, 0.2) is 11.6 Å². The molecule has 2 aromatic rings. The van der Waals surface area contributed by atoms with E-state index in [1.54, 1.807) is 17.4 Å². The number of aromatic nitrogens is 1. The SMILES string of the molecule is Cc1cc(OCc2nc(C)c(C)s2)c(F)cc1N. The Kier molecular flexibility index (Phi) is 3.52. The Labute approximate surface area is 109 Å². The highest BCUT2D eigenvalue weighted by molar-refractivity contribution is 7.11. The van der Waals surface area contributed by atoms with Gasteiger partial charge in [-0.25, -0.2) is 9.37 Å². The topological polar surface area (TPSA) is 48.1 Å². The van der Waals surface area contributed by atoms with E-state index < -0.39 is 5.82 Å². The molecule has 0 saturated heterocycles. The van der Waals surface area contributed by atoms with Gasteiger partial charge in [-0.1, -0.05) is 0 Å². The summed E-state index contributed by atoms with van der Waals surface area (Å²) < 4.78 is 19.0. The Morgan fingerprint density at radius 3 is 2.67 bits per heavy atom. The predicted molar refractivity (Wildman–Crippen MR) is 71.5 cm³/mol. The number of hydrogen-bond donors (Lipinski definition) is 1. The summed E-state index contributed by atoms with van der Waals surface area (Å²) in [4.78, 5) is 5.50. The molecule has 0 fully saturated rings. The molecule has 0 amide bonds. The molecule has 1 aromatic heterocycles. The average molecular weight is 266 g/mol. The standard InChI is InChI=1S/C13H15FN2OS/c1-7-4-12(10(14)5-11(7)15)17-6-13-16-8(2)9(3)18-13/h4-5H,6,15H2,1-3H3. The fourth-order valence-electron chi connectivity index (χ4n) is 1.52. The monoisotopic (exact) mass is 266 g/mol. The normalized spacial score (nSPS) is 10.7. The second-order valence-electron chi connectivity index (χ2n) is 4.18. The number of benzene rings is 1. The molecule has 0 bridgehead atoms. The highest BCUT2D eigenvalue weighted by Crippen LogP contribution is 2.25. The second-order valence-corrected chi connectivity index (χ2v) is 5.46. The summed E-state index contributed by atoms with van der Waals surface area (Å²) in [6, 6.07) is 2.89. The van der Waals surface area contributed by atoms with Gasteiger partial charge in [0, 0.05) is 16.6 Å². The van der Waals surface area contributed by atoms with Gasteiger partial charge in [0.1, 0.15) is 11.6 Å². The Bertz CT molecular complexity index is 561. The first-order valence-electron chi connectivity index (χ1n) is 5.58. The summed E-state index contributed by atoms with van der Waals surface area (Å²) in [7, 11) is 0. The summed E-state index contributed by atoms with van der Waals surface area (Å²) in [5, 5.41) is 0.846. The summed E-state index contributed by atoms with van der Waals surface area (Å²) in [5.41, 5.74) is 7.84. The van der Waals surface area contributed by atoms with Gasteiger partial charge in [-0.05, 0) is 32.4 Å². The van der Waals surface area contributed by atoms with Crippen LogP contribution in [0.2, 0.25) is 0 Å². The number of hydrogen-bond acceptors (Lipinski definition) is 4. The van der Waals surface area contributed by atoms with E-state index in [0.29, 0.717) is 5.69 Å². The molecule has 2 N–H and O–H groups in total. The summed E-state index contributed by atoms with van der Waals surface area (Å²) >= 11 is 1.56. The van der Waals surface area contributed by atoms with Crippen LogP contribution in [0.25, 0.3) is 0 Å². The molecule has 0 aliphatic heterocycles. The van der Waals surface area contributed by atoms with Gasteiger partial charge < -0.3 is 10.5 Å². The quantitative estimate of drug-likeness (QED) is 0.866. The van der Waals surface area contributed by atoms with Crippen LogP contribution in [0.3, 0.4) is 0 Å². The molecule has 96 valence electrons. The molecule has 1 aromatic carbocycles. The Morgan fingerprint density at radius 2 is 2.06 bits per heavy atom. The Balaban J connectivity index is 2.13. The first-order chi connectivity index (χ1) is 8.47. The number of nitrogens with two attached hydrogens (primary N) is 1. The van der Waals surface area contributed by atoms with E-state index in [0.717, 1.165) is 21.1 Å². The minimum atomic E-state index is -0.442. The van der Waals surface area contributed by atoms with Gasteiger partial charge in [0.2, 0.25) is 0 Å². The van der Waals surface area contributed by atoms with Crippen LogP contribution in [0.15, 0.2) is 12.1 Å². The van der Waals surface area contributed by atoms with Crippen molar-refractivity contribution >= 4 is 17.0 Å². The summed E-state index contributed by atoms with van der Waals surface area (Å²) in [6.07, 6.45) is 0. The molecule has 0 aliphatic rings. The van der Waals surface area contributed by atoms with Crippen LogP contribution in [-0.4, -0.2) is 4.98 Å². The van der Waals surface area contributed by atoms with E-state index in [4.69, 9.17) is 10.5 Å². The van der Waals surface area contributed by atoms with Crippen LogP contribution in [-0.2, 0) is 6.61 Å². The minimum absolute atomic E-state index is 0.215. The van der Waals surface area contributed by atoms with Gasteiger partial charge in [0.05, 0.1) is 5.69 Å². The number of nitrogens with zero attached hydrogens (tertiary/aromatic N) is 1. The molecule has 0 unspecified atom stereocenters. The molecule has 2 rings (SSSR count). The minimum Gasteiger partial charge on any atom is -0.483 e. The zero-order valence-corrected chi connectivity index (χ0v) is 11.4. The van der Waals surface area contributed by atoms with Gasteiger partial charge in [-0.3, -0.25) is 0 Å². The van der Waals surface area contributed by atoms with Crippen molar-refractivity contribution in [1.82, 2.24) is 4.98 Å². The lowest BCUT2D eigenvalue weighted by Crippen LogP contribution is -1.99. The fraction of sp³-hybridized carbons (Fsp3) is 0.308. The van der Waals surface area contributed by atoms with Gasteiger partial charge in [0.25, 0.3) is 0 Å². The van der Waals surface area contributed by atoms with Gasteiger partial charge in [-0.2, -0.15) is 0 Å². The fourth-order valence-corrected chi connectivity index (χ4v) is 2.37. The van der Waals surface area contributed by atoms with E-state index in [1.165, 1.54) is 6.07 Å². The third kappa shape index (κ3) is 2.61. The average Bonchev–Trinajstić information content (AvgIpc) is 2.62. The van der Waals surface area contributed by atoms with E-state index in [1.807, 2.05) is 20.8 Å². The number of ether oxygens (including phenoxy) is 1. The van der Waals surface area contributed by atoms with Crippen molar-refractivity contribution in [1.29, 1.82) is 0 Å². The van der Waals surface area contributed by atoms with E-state index in [-0.39, 0.29) is 12.4 Å². The smallest absolute Gasteiger partial charge is 0.167 e. The van der Waals surface area contributed by atoms with Crippen LogP contribution in [0, 0.1) is 26.6 Å². The number of thiazole rings is 1. The van der Waals surface area contributed by atoms with Crippen molar-refractivity contribution in [2.45, 2.75) is 27.4 Å². The molecule has 3 nitrogen and oxygen atoms in total. The third-order valence-electron chi connectivity index (χ3n) is 2.74. The molecule has 0 radical (unpaired) electrons. The third-order valence-corrected chi connectivity index (χ3v) is 3.79. The number of rotatable bonds is 3. The van der Waals surface area contributed by atoms with Crippen molar-refractivity contribution < 1.29 is 9.13 Å². The van der Waals surface area contributed by atoms with Crippen molar-refractivity contribution in [2.24, 2.45) is 0 Å². The van der Waals surface area contributed by atoms with E-state index in [9.17, 15) is 4.39 Å². The zero-order valence-electron chi connectivity index (χ0n) is 10.6. The molecule has 1 heterocycles. The zero-order chi connectivity index (χ0) is 13.3. The van der Waals surface area contributed by atoms with Gasteiger partial charge >= 0.3 is 0 Å². The van der Waals surface area contributed by atoms with E-state index in [2.05, 4.69) is 4.98 Å². The van der Waals surface area contributed by atoms with Crippen molar-refractivity contribution in [3.05, 3.63) is 39.1 Å². The summed E-state index contributed by atoms with van der Waals surface area (Å²) in [5.74, 6) is -0.227. The number of aryl methyl sites for hydroxylation is 3. The molecule has 0 spiro atoms. The lowest BCUT2D eigenvalue weighted by Gasteiger charge is -2.08. The van der Waals surface area contributed by atoms with Crippen molar-refractivity contribution in [2.75, 3.05) is 5.73 Å². The maximum atomic E-state index is 13.6. The highest BCUT2D eigenvalue weighted by atomic mass is 32.1. The highest BCUT2D eigenvalue weighted by Gasteiger charge is 2.09. The van der Waals surface area contributed by atoms with E-state index >= 15 is 0 Å². The predicted octanol–water partition coefficient (Wildman–Crippen LogP) is 3.37. The summed E-state index contributed by atoms with van der Waals surface area (Å²) in [6.45, 7) is 6.05. The molecule has 0 saturated carbocycles. The molecule has 18 heavy (non-hydrogen) atoms. The van der Waals surface area contributed by atoms with Crippen LogP contribution < -0.4 is 10.5 Å². The second kappa shape index (κ2) is 4.94. The van der Waals surface area contributed by atoms with Crippen LogP contribution in [0.5, 0.6) is 5.75 Å². The number of nitrogen functional groups attached to an aromatic ring is 1. The van der Waals surface area contributed by atoms with Crippen LogP contribution in [0.1, 0.15) is 21.1 Å². The Morgan fingerprint density at radius 1 is 1.33 bits per heavy atom. The molecular weight excluding hydrogens is 251 g/mol. The lowest BCUT2D eigenvalue weighted by molar-refractivity contribution is 0.289. The number of halogens is 1. The molecule has 0 aliphatic carbocycles. The molecular formula is C13H15FN2OS. The maximum absolute atomic E-state index is 13.6. The van der Waals surface area contributed by atoms with Crippen LogP contribution in [0.4, 0.5) is 10.1 Å². The Hall–Kier alpha value is -1.62. The largest absolute Gasteiger partial charge is 0.483 e. The molecule has 5 heteroatoms. The lowest BCUT2D eigenvalue weighted by atomic mass is 10.2. The van der Waals surface area contributed by atoms with Gasteiger partial charge in [-0.15, -0.1) is 11.3 Å². The van der Waals surface area contributed by atoms with Crippen molar-refractivity contribution in [3.8, 4) is 5.75 Å². The first-order valence-corrected chi connectivity index (χ1v) is 6.40. The maximum Gasteiger partial charge on any atom is 0.167 e.